The molecule has 0 radical (unpaired) electrons. The summed E-state index contributed by atoms with van der Waals surface area (Å²) in [6.07, 6.45) is -4.34. The van der Waals surface area contributed by atoms with Crippen LogP contribution in [0.1, 0.15) is 24.1 Å². The number of sulfonamides is 1. The molecule has 3 aromatic heterocycles. The molecular formula is C20H19F6N7O2S. The van der Waals surface area contributed by atoms with E-state index in [2.05, 4.69) is 25.3 Å². The summed E-state index contributed by atoms with van der Waals surface area (Å²) < 4.78 is 107. The van der Waals surface area contributed by atoms with Gasteiger partial charge in [0, 0.05) is 37.7 Å². The minimum Gasteiger partial charge on any atom is -0.351 e. The third-order valence-corrected chi connectivity index (χ3v) is 6.81. The zero-order chi connectivity index (χ0) is 26.3. The molecule has 0 spiro atoms. The summed E-state index contributed by atoms with van der Waals surface area (Å²) in [5.74, 6) is -0.150. The third-order valence-electron chi connectivity index (χ3n) is 5.51. The lowest BCUT2D eigenvalue weighted by Crippen LogP contribution is -2.42. The van der Waals surface area contributed by atoms with Gasteiger partial charge in [0.2, 0.25) is 16.0 Å². The largest absolute Gasteiger partial charge is 0.435 e. The second kappa shape index (κ2) is 9.31. The molecule has 1 aliphatic heterocycles. The lowest BCUT2D eigenvalue weighted by Gasteiger charge is -2.30. The van der Waals surface area contributed by atoms with Crippen molar-refractivity contribution in [2.24, 2.45) is 0 Å². The molecule has 1 saturated heterocycles. The fraction of sp³-hybridized carbons (Fsp3) is 0.400. The van der Waals surface area contributed by atoms with Gasteiger partial charge in [0.05, 0.1) is 11.9 Å². The number of rotatable bonds is 5. The average Bonchev–Trinajstić information content (AvgIpc) is 3.28. The van der Waals surface area contributed by atoms with Crippen LogP contribution in [0.4, 0.5) is 32.3 Å². The average molecular weight is 535 g/mol. The summed E-state index contributed by atoms with van der Waals surface area (Å²) >= 11 is 0. The molecule has 9 nitrogen and oxygen atoms in total. The molecule has 0 amide bonds. The highest BCUT2D eigenvalue weighted by Crippen LogP contribution is 2.37. The maximum absolute atomic E-state index is 13.7. The standard InChI is InChI=1S/C20H19F6N7O2S/c1-36(34,35)33-7-4-12(5-8-33)30-18-28-9-13(19(21,22)23)16(31-18)14-10-32(11-29-14)15-3-2-6-27-17(15)20(24,25)26/h2-3,6,9-12H,4-5,7-8H2,1H3,(H,28,30,31). The number of imidazole rings is 1. The Kier molecular flexibility index (Phi) is 6.68. The lowest BCUT2D eigenvalue weighted by atomic mass is 10.1. The first-order chi connectivity index (χ1) is 16.7. The molecule has 16 heteroatoms. The van der Waals surface area contributed by atoms with Gasteiger partial charge in [0.15, 0.2) is 5.69 Å². The molecule has 1 N–H and O–H groups in total. The number of alkyl halides is 6. The molecular weight excluding hydrogens is 516 g/mol. The number of nitrogens with one attached hydrogen (secondary N) is 1. The van der Waals surface area contributed by atoms with E-state index < -0.39 is 45.0 Å². The maximum atomic E-state index is 13.7. The van der Waals surface area contributed by atoms with Gasteiger partial charge in [0.25, 0.3) is 0 Å². The van der Waals surface area contributed by atoms with Crippen LogP contribution in [-0.2, 0) is 22.4 Å². The van der Waals surface area contributed by atoms with Crippen LogP contribution in [0.2, 0.25) is 0 Å². The van der Waals surface area contributed by atoms with E-state index in [0.717, 1.165) is 35.6 Å². The van der Waals surface area contributed by atoms with E-state index >= 15 is 0 Å². The Bertz CT molecular complexity index is 1350. The minimum atomic E-state index is -4.86. The molecule has 36 heavy (non-hydrogen) atoms. The number of pyridine rings is 1. The van der Waals surface area contributed by atoms with E-state index in [1.54, 1.807) is 0 Å². The molecule has 194 valence electrons. The molecule has 4 heterocycles. The predicted molar refractivity (Wildman–Crippen MR) is 115 cm³/mol. The van der Waals surface area contributed by atoms with Crippen LogP contribution < -0.4 is 5.32 Å². The van der Waals surface area contributed by atoms with Crippen LogP contribution >= 0.6 is 0 Å². The highest BCUT2D eigenvalue weighted by molar-refractivity contribution is 7.88. The van der Waals surface area contributed by atoms with Crippen molar-refractivity contribution in [1.29, 1.82) is 0 Å². The Labute approximate surface area is 201 Å². The van der Waals surface area contributed by atoms with Gasteiger partial charge in [-0.3, -0.25) is 0 Å². The molecule has 1 fully saturated rings. The second-order valence-corrected chi connectivity index (χ2v) is 10.1. The molecule has 0 bridgehead atoms. The molecule has 0 aromatic carbocycles. The minimum absolute atomic E-state index is 0.150. The number of hydrogen-bond donors (Lipinski definition) is 1. The van der Waals surface area contributed by atoms with E-state index in [0.29, 0.717) is 19.0 Å². The van der Waals surface area contributed by atoms with E-state index in [4.69, 9.17) is 0 Å². The topological polar surface area (TPSA) is 106 Å². The summed E-state index contributed by atoms with van der Waals surface area (Å²) in [6.45, 7) is 0.447. The van der Waals surface area contributed by atoms with Crippen LogP contribution in [0.3, 0.4) is 0 Å². The zero-order valence-electron chi connectivity index (χ0n) is 18.5. The van der Waals surface area contributed by atoms with Crippen molar-refractivity contribution < 1.29 is 34.8 Å². The second-order valence-electron chi connectivity index (χ2n) is 8.07. The van der Waals surface area contributed by atoms with Crippen LogP contribution in [-0.4, -0.2) is 62.6 Å². The van der Waals surface area contributed by atoms with Gasteiger partial charge in [-0.05, 0) is 25.0 Å². The van der Waals surface area contributed by atoms with E-state index in [-0.39, 0.29) is 30.8 Å². The maximum Gasteiger partial charge on any atom is 0.435 e. The Morgan fingerprint density at radius 1 is 1.03 bits per heavy atom. The fourth-order valence-electron chi connectivity index (χ4n) is 3.77. The van der Waals surface area contributed by atoms with Crippen molar-refractivity contribution in [3.63, 3.8) is 0 Å². The van der Waals surface area contributed by atoms with Crippen LogP contribution in [0.5, 0.6) is 0 Å². The summed E-state index contributed by atoms with van der Waals surface area (Å²) in [5, 5.41) is 2.90. The SMILES string of the molecule is CS(=O)(=O)N1CCC(Nc2ncc(C(F)(F)F)c(-c3cn(-c4cccnc4C(F)(F)F)cn3)n2)CC1. The van der Waals surface area contributed by atoms with Gasteiger partial charge in [-0.25, -0.2) is 32.7 Å². The number of halogens is 6. The van der Waals surface area contributed by atoms with Crippen molar-refractivity contribution in [3.8, 4) is 17.1 Å². The quantitative estimate of drug-likeness (QED) is 0.498. The Morgan fingerprint density at radius 2 is 1.72 bits per heavy atom. The molecule has 1 aliphatic rings. The fourth-order valence-corrected chi connectivity index (χ4v) is 4.64. The summed E-state index contributed by atoms with van der Waals surface area (Å²) in [4.78, 5) is 14.9. The van der Waals surface area contributed by atoms with Crippen molar-refractivity contribution in [3.05, 3.63) is 48.3 Å². The molecule has 0 unspecified atom stereocenters. The van der Waals surface area contributed by atoms with Crippen molar-refractivity contribution >= 4 is 16.0 Å². The number of aromatic nitrogens is 5. The molecule has 0 aliphatic carbocycles. The van der Waals surface area contributed by atoms with Gasteiger partial charge in [0.1, 0.15) is 23.3 Å². The monoisotopic (exact) mass is 535 g/mol. The number of hydrogen-bond acceptors (Lipinski definition) is 7. The Balaban J connectivity index is 1.65. The summed E-state index contributed by atoms with van der Waals surface area (Å²) in [6, 6.07) is 2.07. The first-order valence-electron chi connectivity index (χ1n) is 10.5. The van der Waals surface area contributed by atoms with Crippen LogP contribution in [0.15, 0.2) is 37.1 Å². The molecule has 3 aromatic rings. The molecule has 4 rings (SSSR count). The van der Waals surface area contributed by atoms with Gasteiger partial charge in [-0.2, -0.15) is 26.3 Å². The molecule has 0 atom stereocenters. The third kappa shape index (κ3) is 5.59. The predicted octanol–water partition coefficient (Wildman–Crippen LogP) is 3.60. The van der Waals surface area contributed by atoms with Gasteiger partial charge >= 0.3 is 12.4 Å². The van der Waals surface area contributed by atoms with Crippen LogP contribution in [0, 0.1) is 0 Å². The first-order valence-corrected chi connectivity index (χ1v) is 12.3. The van der Waals surface area contributed by atoms with E-state index in [9.17, 15) is 34.8 Å². The number of piperidine rings is 1. The van der Waals surface area contributed by atoms with E-state index in [1.807, 2.05) is 0 Å². The molecule has 0 saturated carbocycles. The normalized spacial score (nSPS) is 16.3. The van der Waals surface area contributed by atoms with Gasteiger partial charge in [-0.1, -0.05) is 0 Å². The van der Waals surface area contributed by atoms with Crippen LogP contribution in [0.25, 0.3) is 17.1 Å². The van der Waals surface area contributed by atoms with Gasteiger partial charge < -0.3 is 9.88 Å². The summed E-state index contributed by atoms with van der Waals surface area (Å²) in [5.41, 5.74) is -3.80. The highest BCUT2D eigenvalue weighted by atomic mass is 32.2. The highest BCUT2D eigenvalue weighted by Gasteiger charge is 2.38. The lowest BCUT2D eigenvalue weighted by molar-refractivity contribution is -0.141. The first kappa shape index (κ1) is 25.8. The number of nitrogens with zero attached hydrogens (tertiary/aromatic N) is 6. The smallest absolute Gasteiger partial charge is 0.351 e. The number of anilines is 1. The van der Waals surface area contributed by atoms with Crippen molar-refractivity contribution in [1.82, 2.24) is 28.8 Å². The van der Waals surface area contributed by atoms with E-state index in [1.165, 1.54) is 10.4 Å². The Hall–Kier alpha value is -3.27. The Morgan fingerprint density at radius 3 is 2.33 bits per heavy atom. The zero-order valence-corrected chi connectivity index (χ0v) is 19.4. The summed E-state index contributed by atoms with van der Waals surface area (Å²) in [7, 11) is -3.36. The van der Waals surface area contributed by atoms with Gasteiger partial charge in [-0.15, -0.1) is 0 Å². The van der Waals surface area contributed by atoms with Crippen molar-refractivity contribution in [2.75, 3.05) is 24.7 Å². The van der Waals surface area contributed by atoms with Crippen molar-refractivity contribution in [2.45, 2.75) is 31.2 Å².